The van der Waals surface area contributed by atoms with Crippen molar-refractivity contribution in [2.45, 2.75) is 32.9 Å². The van der Waals surface area contributed by atoms with Crippen molar-refractivity contribution < 1.29 is 14.6 Å². The fourth-order valence-electron chi connectivity index (χ4n) is 3.10. The van der Waals surface area contributed by atoms with E-state index in [4.69, 9.17) is 9.47 Å². The number of hydrogen-bond acceptors (Lipinski definition) is 5. The van der Waals surface area contributed by atoms with Crippen molar-refractivity contribution in [1.82, 2.24) is 9.80 Å². The Morgan fingerprint density at radius 3 is 2.57 bits per heavy atom. The predicted octanol–water partition coefficient (Wildman–Crippen LogP) is 2.15. The van der Waals surface area contributed by atoms with Gasteiger partial charge in [0, 0.05) is 37.3 Å². The molecule has 1 aromatic rings. The molecular formula is C18H30N2O3. The van der Waals surface area contributed by atoms with E-state index >= 15 is 0 Å². The molecule has 0 spiro atoms. The summed E-state index contributed by atoms with van der Waals surface area (Å²) in [6.07, 6.45) is 0. The standard InChI is InChI=1S/C18H30N2O3/c1-5-22-15-7-8-16(18(11-15)23-6-2)17(13-21)20-10-9-19(4)14(3)12-20/h7-8,11,14,17,21H,5-6,9-10,12-13H2,1-4H3. The van der Waals surface area contributed by atoms with Crippen LogP contribution < -0.4 is 9.47 Å². The van der Waals surface area contributed by atoms with Crippen LogP contribution in [0, 0.1) is 0 Å². The Labute approximate surface area is 139 Å². The maximum Gasteiger partial charge on any atom is 0.127 e. The number of aliphatic hydroxyl groups is 1. The molecule has 5 heteroatoms. The Hall–Kier alpha value is -1.30. The molecule has 130 valence electrons. The molecule has 2 unspecified atom stereocenters. The highest BCUT2D eigenvalue weighted by Crippen LogP contribution is 2.33. The molecule has 0 bridgehead atoms. The maximum absolute atomic E-state index is 10.0. The topological polar surface area (TPSA) is 45.2 Å². The van der Waals surface area contributed by atoms with Gasteiger partial charge in [0.2, 0.25) is 0 Å². The number of hydrogen-bond donors (Lipinski definition) is 1. The molecule has 0 saturated carbocycles. The van der Waals surface area contributed by atoms with Crippen molar-refractivity contribution in [2.24, 2.45) is 0 Å². The number of piperazine rings is 1. The fourth-order valence-corrected chi connectivity index (χ4v) is 3.10. The van der Waals surface area contributed by atoms with Crippen molar-refractivity contribution in [3.63, 3.8) is 0 Å². The second-order valence-corrected chi connectivity index (χ2v) is 6.09. The van der Waals surface area contributed by atoms with Gasteiger partial charge in [-0.2, -0.15) is 0 Å². The van der Waals surface area contributed by atoms with Gasteiger partial charge < -0.3 is 19.5 Å². The van der Waals surface area contributed by atoms with E-state index in [1.807, 2.05) is 32.0 Å². The van der Waals surface area contributed by atoms with Crippen LogP contribution in [0.3, 0.4) is 0 Å². The van der Waals surface area contributed by atoms with Gasteiger partial charge in [-0.3, -0.25) is 4.90 Å². The van der Waals surface area contributed by atoms with Gasteiger partial charge in [-0.15, -0.1) is 0 Å². The van der Waals surface area contributed by atoms with Crippen LogP contribution in [-0.4, -0.2) is 67.5 Å². The number of rotatable bonds is 7. The first kappa shape index (κ1) is 18.0. The van der Waals surface area contributed by atoms with Gasteiger partial charge in [-0.25, -0.2) is 0 Å². The monoisotopic (exact) mass is 322 g/mol. The largest absolute Gasteiger partial charge is 0.494 e. The zero-order chi connectivity index (χ0) is 16.8. The molecule has 23 heavy (non-hydrogen) atoms. The smallest absolute Gasteiger partial charge is 0.127 e. The van der Waals surface area contributed by atoms with Crippen molar-refractivity contribution in [2.75, 3.05) is 46.5 Å². The highest BCUT2D eigenvalue weighted by atomic mass is 16.5. The van der Waals surface area contributed by atoms with Gasteiger partial charge in [0.05, 0.1) is 25.9 Å². The van der Waals surface area contributed by atoms with Crippen LogP contribution in [0.5, 0.6) is 11.5 Å². The third-order valence-electron chi connectivity index (χ3n) is 4.56. The Balaban J connectivity index is 2.25. The fraction of sp³-hybridized carbons (Fsp3) is 0.667. The quantitative estimate of drug-likeness (QED) is 0.833. The normalized spacial score (nSPS) is 21.2. The Kier molecular flexibility index (Phi) is 6.69. The van der Waals surface area contributed by atoms with Crippen molar-refractivity contribution >= 4 is 0 Å². The second-order valence-electron chi connectivity index (χ2n) is 6.09. The average molecular weight is 322 g/mol. The summed E-state index contributed by atoms with van der Waals surface area (Å²) in [6.45, 7) is 10.4. The first-order valence-electron chi connectivity index (χ1n) is 8.55. The lowest BCUT2D eigenvalue weighted by atomic mass is 10.0. The van der Waals surface area contributed by atoms with Gasteiger partial charge in [0.1, 0.15) is 11.5 Å². The summed E-state index contributed by atoms with van der Waals surface area (Å²) in [6, 6.07) is 6.37. The van der Waals surface area contributed by atoms with E-state index in [0.717, 1.165) is 36.7 Å². The lowest BCUT2D eigenvalue weighted by Gasteiger charge is -2.41. The molecule has 1 aromatic carbocycles. The van der Waals surface area contributed by atoms with E-state index in [9.17, 15) is 5.11 Å². The summed E-state index contributed by atoms with van der Waals surface area (Å²) >= 11 is 0. The van der Waals surface area contributed by atoms with E-state index in [1.54, 1.807) is 0 Å². The summed E-state index contributed by atoms with van der Waals surface area (Å²) < 4.78 is 11.4. The molecule has 1 aliphatic heterocycles. The first-order chi connectivity index (χ1) is 11.1. The first-order valence-corrected chi connectivity index (χ1v) is 8.55. The van der Waals surface area contributed by atoms with Crippen molar-refractivity contribution in [1.29, 1.82) is 0 Å². The molecule has 0 radical (unpaired) electrons. The van der Waals surface area contributed by atoms with Gasteiger partial charge in [0.25, 0.3) is 0 Å². The van der Waals surface area contributed by atoms with E-state index in [1.165, 1.54) is 0 Å². The molecule has 1 N–H and O–H groups in total. The molecule has 2 rings (SSSR count). The summed E-state index contributed by atoms with van der Waals surface area (Å²) in [5.74, 6) is 1.62. The third kappa shape index (κ3) is 4.37. The number of aliphatic hydroxyl groups excluding tert-OH is 1. The maximum atomic E-state index is 10.0. The van der Waals surface area contributed by atoms with Gasteiger partial charge in [-0.1, -0.05) is 0 Å². The molecule has 0 amide bonds. The summed E-state index contributed by atoms with van der Waals surface area (Å²) in [5, 5.41) is 10.0. The van der Waals surface area contributed by atoms with E-state index < -0.39 is 0 Å². The molecule has 1 saturated heterocycles. The molecule has 1 aliphatic rings. The molecule has 0 aromatic heterocycles. The lowest BCUT2D eigenvalue weighted by molar-refractivity contribution is 0.0452. The minimum absolute atomic E-state index is 0.0385. The molecular weight excluding hydrogens is 292 g/mol. The molecule has 1 heterocycles. The zero-order valence-corrected chi connectivity index (χ0v) is 14.8. The van der Waals surface area contributed by atoms with Crippen LogP contribution in [0.15, 0.2) is 18.2 Å². The molecule has 2 atom stereocenters. The van der Waals surface area contributed by atoms with Crippen LogP contribution in [0.4, 0.5) is 0 Å². The minimum Gasteiger partial charge on any atom is -0.494 e. The van der Waals surface area contributed by atoms with E-state index in [-0.39, 0.29) is 12.6 Å². The average Bonchev–Trinajstić information content (AvgIpc) is 2.54. The van der Waals surface area contributed by atoms with E-state index in [0.29, 0.717) is 19.3 Å². The van der Waals surface area contributed by atoms with E-state index in [2.05, 4.69) is 23.8 Å². The summed E-state index contributed by atoms with van der Waals surface area (Å²) in [4.78, 5) is 4.70. The van der Waals surface area contributed by atoms with Crippen LogP contribution in [0.25, 0.3) is 0 Å². The summed E-state index contributed by atoms with van der Waals surface area (Å²) in [5.41, 5.74) is 1.04. The van der Waals surface area contributed by atoms with Crippen LogP contribution in [0.2, 0.25) is 0 Å². The molecule has 5 nitrogen and oxygen atoms in total. The third-order valence-corrected chi connectivity index (χ3v) is 4.56. The lowest BCUT2D eigenvalue weighted by Crippen LogP contribution is -2.51. The number of benzene rings is 1. The zero-order valence-electron chi connectivity index (χ0n) is 14.8. The van der Waals surface area contributed by atoms with Crippen LogP contribution in [-0.2, 0) is 0 Å². The number of nitrogens with zero attached hydrogens (tertiary/aromatic N) is 2. The van der Waals surface area contributed by atoms with Crippen molar-refractivity contribution in [3.8, 4) is 11.5 Å². The SMILES string of the molecule is CCOc1ccc(C(CO)N2CCN(C)C(C)C2)c(OCC)c1. The van der Waals surface area contributed by atoms with Gasteiger partial charge in [-0.05, 0) is 40.0 Å². The van der Waals surface area contributed by atoms with Gasteiger partial charge in [0.15, 0.2) is 0 Å². The van der Waals surface area contributed by atoms with Gasteiger partial charge >= 0.3 is 0 Å². The highest BCUT2D eigenvalue weighted by molar-refractivity contribution is 5.42. The number of likely N-dealkylation sites (N-methyl/N-ethyl adjacent to an activating group) is 1. The predicted molar refractivity (Wildman–Crippen MR) is 92.3 cm³/mol. The Morgan fingerprint density at radius 2 is 1.96 bits per heavy atom. The summed E-state index contributed by atoms with van der Waals surface area (Å²) in [7, 11) is 2.15. The van der Waals surface area contributed by atoms with Crippen LogP contribution in [0.1, 0.15) is 32.4 Å². The number of ether oxygens (including phenoxy) is 2. The minimum atomic E-state index is -0.0385. The highest BCUT2D eigenvalue weighted by Gasteiger charge is 2.29. The Morgan fingerprint density at radius 1 is 1.22 bits per heavy atom. The Bertz CT molecular complexity index is 495. The van der Waals surface area contributed by atoms with Crippen molar-refractivity contribution in [3.05, 3.63) is 23.8 Å². The molecule has 1 fully saturated rings. The second kappa shape index (κ2) is 8.52. The van der Waals surface area contributed by atoms with Crippen LogP contribution >= 0.6 is 0 Å². The molecule has 0 aliphatic carbocycles.